The molecule has 2 rings (SSSR count). The Hall–Kier alpha value is -1.61. The van der Waals surface area contributed by atoms with Gasteiger partial charge in [-0.25, -0.2) is 0 Å². The fourth-order valence-electron chi connectivity index (χ4n) is 1.69. The SMILES string of the molecule is Cc1ccsc1C(=O)c1ccc(OC(C)C)cc1. The topological polar surface area (TPSA) is 26.3 Å². The lowest BCUT2D eigenvalue weighted by Gasteiger charge is -2.09. The quantitative estimate of drug-likeness (QED) is 0.774. The van der Waals surface area contributed by atoms with Crippen molar-refractivity contribution in [2.45, 2.75) is 26.9 Å². The highest BCUT2D eigenvalue weighted by atomic mass is 32.1. The summed E-state index contributed by atoms with van der Waals surface area (Å²) in [7, 11) is 0. The minimum Gasteiger partial charge on any atom is -0.491 e. The molecule has 0 atom stereocenters. The van der Waals surface area contributed by atoms with Crippen LogP contribution < -0.4 is 4.74 Å². The summed E-state index contributed by atoms with van der Waals surface area (Å²) in [6.07, 6.45) is 0.145. The van der Waals surface area contributed by atoms with E-state index in [0.29, 0.717) is 5.56 Å². The summed E-state index contributed by atoms with van der Waals surface area (Å²) in [6, 6.07) is 9.29. The third kappa shape index (κ3) is 2.79. The highest BCUT2D eigenvalue weighted by Crippen LogP contribution is 2.21. The van der Waals surface area contributed by atoms with E-state index in [9.17, 15) is 4.79 Å². The zero-order chi connectivity index (χ0) is 13.1. The van der Waals surface area contributed by atoms with Gasteiger partial charge < -0.3 is 4.74 Å². The average molecular weight is 260 g/mol. The van der Waals surface area contributed by atoms with Gasteiger partial charge in [0.1, 0.15) is 5.75 Å². The van der Waals surface area contributed by atoms with Crippen LogP contribution in [0.1, 0.15) is 34.6 Å². The van der Waals surface area contributed by atoms with Crippen LogP contribution in [0.5, 0.6) is 5.75 Å². The first-order chi connectivity index (χ1) is 8.58. The predicted molar refractivity (Wildman–Crippen MR) is 74.7 cm³/mol. The average Bonchev–Trinajstić information content (AvgIpc) is 2.75. The van der Waals surface area contributed by atoms with Crippen molar-refractivity contribution in [2.24, 2.45) is 0 Å². The van der Waals surface area contributed by atoms with Crippen molar-refractivity contribution < 1.29 is 9.53 Å². The normalized spacial score (nSPS) is 10.7. The predicted octanol–water partition coefficient (Wildman–Crippen LogP) is 4.07. The van der Waals surface area contributed by atoms with Gasteiger partial charge in [0.25, 0.3) is 0 Å². The number of hydrogen-bond donors (Lipinski definition) is 0. The highest BCUT2D eigenvalue weighted by molar-refractivity contribution is 7.12. The van der Waals surface area contributed by atoms with E-state index in [-0.39, 0.29) is 11.9 Å². The molecule has 0 spiro atoms. The molecule has 3 heteroatoms. The molecule has 2 nitrogen and oxygen atoms in total. The number of benzene rings is 1. The van der Waals surface area contributed by atoms with Crippen LogP contribution in [-0.4, -0.2) is 11.9 Å². The van der Waals surface area contributed by atoms with Gasteiger partial charge in [0.15, 0.2) is 0 Å². The molecule has 0 aliphatic heterocycles. The van der Waals surface area contributed by atoms with E-state index < -0.39 is 0 Å². The Morgan fingerprint density at radius 2 is 1.83 bits per heavy atom. The van der Waals surface area contributed by atoms with Gasteiger partial charge in [-0.15, -0.1) is 11.3 Å². The Kier molecular flexibility index (Phi) is 3.82. The van der Waals surface area contributed by atoms with Gasteiger partial charge in [0.05, 0.1) is 11.0 Å². The van der Waals surface area contributed by atoms with Crippen molar-refractivity contribution in [2.75, 3.05) is 0 Å². The zero-order valence-electron chi connectivity index (χ0n) is 10.8. The molecule has 0 aliphatic carbocycles. The van der Waals surface area contributed by atoms with Gasteiger partial charge >= 0.3 is 0 Å². The number of carbonyl (C=O) groups is 1. The summed E-state index contributed by atoms with van der Waals surface area (Å²) in [5.74, 6) is 0.878. The smallest absolute Gasteiger partial charge is 0.203 e. The Bertz CT molecular complexity index is 538. The van der Waals surface area contributed by atoms with Crippen molar-refractivity contribution in [3.05, 3.63) is 51.7 Å². The lowest BCUT2D eigenvalue weighted by molar-refractivity contribution is 0.104. The summed E-state index contributed by atoms with van der Waals surface area (Å²) in [5.41, 5.74) is 1.74. The maximum absolute atomic E-state index is 12.2. The third-order valence-corrected chi connectivity index (χ3v) is 3.57. The summed E-state index contributed by atoms with van der Waals surface area (Å²) in [4.78, 5) is 13.0. The Morgan fingerprint density at radius 1 is 1.17 bits per heavy atom. The summed E-state index contributed by atoms with van der Waals surface area (Å²) in [6.45, 7) is 5.92. The van der Waals surface area contributed by atoms with Crippen LogP contribution >= 0.6 is 11.3 Å². The maximum Gasteiger partial charge on any atom is 0.203 e. The molecule has 1 aromatic carbocycles. The summed E-state index contributed by atoms with van der Waals surface area (Å²) < 4.78 is 5.55. The van der Waals surface area contributed by atoms with E-state index in [1.54, 1.807) is 0 Å². The van der Waals surface area contributed by atoms with E-state index in [0.717, 1.165) is 16.2 Å². The maximum atomic E-state index is 12.2. The molecule has 0 saturated heterocycles. The number of thiophene rings is 1. The number of rotatable bonds is 4. The van der Waals surface area contributed by atoms with Crippen LogP contribution in [0.25, 0.3) is 0 Å². The van der Waals surface area contributed by atoms with Crippen molar-refractivity contribution >= 4 is 17.1 Å². The molecule has 0 aliphatic rings. The highest BCUT2D eigenvalue weighted by Gasteiger charge is 2.13. The molecule has 0 unspecified atom stereocenters. The van der Waals surface area contributed by atoms with Crippen LogP contribution in [0.2, 0.25) is 0 Å². The minimum absolute atomic E-state index is 0.0820. The van der Waals surface area contributed by atoms with Gasteiger partial charge in [-0.05, 0) is 62.0 Å². The fraction of sp³-hybridized carbons (Fsp3) is 0.267. The molecule has 0 radical (unpaired) electrons. The Balaban J connectivity index is 2.20. The van der Waals surface area contributed by atoms with Crippen LogP contribution in [0.15, 0.2) is 35.7 Å². The number of aryl methyl sites for hydroxylation is 1. The molecule has 0 fully saturated rings. The second-order valence-electron chi connectivity index (χ2n) is 4.45. The van der Waals surface area contributed by atoms with Crippen molar-refractivity contribution in [3.63, 3.8) is 0 Å². The number of carbonyl (C=O) groups excluding carboxylic acids is 1. The van der Waals surface area contributed by atoms with Gasteiger partial charge in [-0.2, -0.15) is 0 Å². The van der Waals surface area contributed by atoms with Gasteiger partial charge in [0, 0.05) is 5.56 Å². The van der Waals surface area contributed by atoms with E-state index >= 15 is 0 Å². The van der Waals surface area contributed by atoms with Crippen LogP contribution in [0.3, 0.4) is 0 Å². The first-order valence-corrected chi connectivity index (χ1v) is 6.81. The fourth-order valence-corrected chi connectivity index (χ4v) is 2.58. The largest absolute Gasteiger partial charge is 0.491 e. The lowest BCUT2D eigenvalue weighted by Crippen LogP contribution is -2.06. The number of ketones is 1. The summed E-state index contributed by atoms with van der Waals surface area (Å²) in [5, 5.41) is 1.94. The van der Waals surface area contributed by atoms with Crippen molar-refractivity contribution in [1.82, 2.24) is 0 Å². The molecule has 1 heterocycles. The lowest BCUT2D eigenvalue weighted by atomic mass is 10.1. The zero-order valence-corrected chi connectivity index (χ0v) is 11.6. The van der Waals surface area contributed by atoms with Crippen molar-refractivity contribution in [3.8, 4) is 5.75 Å². The Labute approximate surface area is 111 Å². The second kappa shape index (κ2) is 5.36. The molecule has 94 valence electrons. The summed E-state index contributed by atoms with van der Waals surface area (Å²) >= 11 is 1.49. The van der Waals surface area contributed by atoms with E-state index in [1.807, 2.05) is 56.5 Å². The number of ether oxygens (including phenoxy) is 1. The molecule has 1 aromatic heterocycles. The van der Waals surface area contributed by atoms with Gasteiger partial charge in [0.2, 0.25) is 5.78 Å². The van der Waals surface area contributed by atoms with Crippen molar-refractivity contribution in [1.29, 1.82) is 0 Å². The van der Waals surface area contributed by atoms with E-state index in [4.69, 9.17) is 4.74 Å². The van der Waals surface area contributed by atoms with E-state index in [1.165, 1.54) is 11.3 Å². The van der Waals surface area contributed by atoms with Crippen LogP contribution in [0, 0.1) is 6.92 Å². The van der Waals surface area contributed by atoms with Gasteiger partial charge in [-0.1, -0.05) is 0 Å². The first kappa shape index (κ1) is 12.8. The minimum atomic E-state index is 0.0820. The molecular weight excluding hydrogens is 244 g/mol. The standard InChI is InChI=1S/C15H16O2S/c1-10(2)17-13-6-4-12(5-7-13)14(16)15-11(3)8-9-18-15/h4-10H,1-3H3. The second-order valence-corrected chi connectivity index (χ2v) is 5.37. The van der Waals surface area contributed by atoms with Gasteiger partial charge in [-0.3, -0.25) is 4.79 Å². The number of hydrogen-bond acceptors (Lipinski definition) is 3. The molecule has 0 saturated carbocycles. The Morgan fingerprint density at radius 3 is 2.33 bits per heavy atom. The van der Waals surface area contributed by atoms with Crippen LogP contribution in [-0.2, 0) is 0 Å². The van der Waals surface area contributed by atoms with Crippen LogP contribution in [0.4, 0.5) is 0 Å². The molecule has 0 N–H and O–H groups in total. The molecular formula is C15H16O2S. The third-order valence-electron chi connectivity index (χ3n) is 2.56. The molecule has 0 bridgehead atoms. The molecule has 0 amide bonds. The molecule has 2 aromatic rings. The first-order valence-electron chi connectivity index (χ1n) is 5.93. The monoisotopic (exact) mass is 260 g/mol. The van der Waals surface area contributed by atoms with E-state index in [2.05, 4.69) is 0 Å². The molecule has 18 heavy (non-hydrogen) atoms.